The van der Waals surface area contributed by atoms with Gasteiger partial charge >= 0.3 is 0 Å². The molecule has 1 atom stereocenters. The van der Waals surface area contributed by atoms with E-state index in [0.29, 0.717) is 13.0 Å². The van der Waals surface area contributed by atoms with Crippen molar-refractivity contribution in [3.8, 4) is 0 Å². The lowest BCUT2D eigenvalue weighted by molar-refractivity contribution is -0.122. The van der Waals surface area contributed by atoms with E-state index in [1.165, 1.54) is 5.56 Å². The van der Waals surface area contributed by atoms with Gasteiger partial charge in [-0.3, -0.25) is 4.79 Å². The molecule has 1 aromatic carbocycles. The lowest BCUT2D eigenvalue weighted by Crippen LogP contribution is -2.45. The van der Waals surface area contributed by atoms with Crippen LogP contribution in [-0.2, 0) is 10.2 Å². The number of rotatable bonds is 6. The Morgan fingerprint density at radius 1 is 1.44 bits per heavy atom. The first kappa shape index (κ1) is 14.5. The zero-order valence-corrected chi connectivity index (χ0v) is 11.1. The molecule has 0 fully saturated rings. The average molecular weight is 246 g/mol. The van der Waals surface area contributed by atoms with Crippen LogP contribution in [0.15, 0.2) is 43.0 Å². The lowest BCUT2D eigenvalue weighted by Gasteiger charge is -2.26. The molecule has 98 valence electrons. The Labute approximate surface area is 109 Å². The van der Waals surface area contributed by atoms with Crippen molar-refractivity contribution >= 4 is 5.91 Å². The number of hydrogen-bond acceptors (Lipinski definition) is 2. The van der Waals surface area contributed by atoms with Crippen molar-refractivity contribution in [3.05, 3.63) is 48.6 Å². The molecule has 0 aliphatic carbocycles. The second kappa shape index (κ2) is 6.36. The highest BCUT2D eigenvalue weighted by Crippen LogP contribution is 2.21. The van der Waals surface area contributed by atoms with Crippen molar-refractivity contribution in [2.45, 2.75) is 31.7 Å². The van der Waals surface area contributed by atoms with Crippen molar-refractivity contribution in [3.63, 3.8) is 0 Å². The fourth-order valence-corrected chi connectivity index (χ4v) is 1.72. The van der Waals surface area contributed by atoms with Crippen molar-refractivity contribution in [1.29, 1.82) is 0 Å². The topological polar surface area (TPSA) is 55.1 Å². The van der Waals surface area contributed by atoms with Gasteiger partial charge in [-0.25, -0.2) is 0 Å². The van der Waals surface area contributed by atoms with Crippen LogP contribution in [0.5, 0.6) is 0 Å². The summed E-state index contributed by atoms with van der Waals surface area (Å²) in [6.07, 6.45) is 2.16. The predicted molar refractivity (Wildman–Crippen MR) is 75.3 cm³/mol. The second-order valence-electron chi connectivity index (χ2n) is 5.10. The number of amides is 1. The van der Waals surface area contributed by atoms with Gasteiger partial charge in [0.1, 0.15) is 0 Å². The molecule has 1 unspecified atom stereocenters. The van der Waals surface area contributed by atoms with E-state index in [2.05, 4.69) is 37.9 Å². The maximum Gasteiger partial charge on any atom is 0.237 e. The molecule has 1 aromatic rings. The molecule has 0 bridgehead atoms. The predicted octanol–water partition coefficient (Wildman–Crippen LogP) is 1.98. The van der Waals surface area contributed by atoms with Crippen LogP contribution in [0.3, 0.4) is 0 Å². The molecule has 3 heteroatoms. The Balaban J connectivity index is 2.57. The number of nitrogens with one attached hydrogen (secondary N) is 1. The first-order valence-electron chi connectivity index (χ1n) is 6.17. The smallest absolute Gasteiger partial charge is 0.237 e. The van der Waals surface area contributed by atoms with Crippen LogP contribution in [0, 0.1) is 0 Å². The zero-order chi connectivity index (χ0) is 13.6. The molecular formula is C15H22N2O. The monoisotopic (exact) mass is 246 g/mol. The van der Waals surface area contributed by atoms with Crippen LogP contribution < -0.4 is 11.1 Å². The minimum Gasteiger partial charge on any atom is -0.354 e. The van der Waals surface area contributed by atoms with Crippen molar-refractivity contribution < 1.29 is 4.79 Å². The average Bonchev–Trinajstić information content (AvgIpc) is 2.37. The maximum atomic E-state index is 11.7. The largest absolute Gasteiger partial charge is 0.354 e. The molecule has 3 N–H and O–H groups in total. The molecule has 1 rings (SSSR count). The van der Waals surface area contributed by atoms with E-state index >= 15 is 0 Å². The van der Waals surface area contributed by atoms with Crippen LogP contribution in [0.4, 0.5) is 0 Å². The molecule has 0 aliphatic rings. The van der Waals surface area contributed by atoms with Gasteiger partial charge in [0.2, 0.25) is 5.91 Å². The van der Waals surface area contributed by atoms with Crippen LogP contribution in [0.1, 0.15) is 25.8 Å². The van der Waals surface area contributed by atoms with E-state index in [-0.39, 0.29) is 11.3 Å². The molecule has 0 aromatic heterocycles. The van der Waals surface area contributed by atoms with E-state index < -0.39 is 6.04 Å². The molecule has 1 amide bonds. The number of carbonyl (C=O) groups is 1. The molecule has 0 heterocycles. The Morgan fingerprint density at radius 3 is 2.61 bits per heavy atom. The summed E-state index contributed by atoms with van der Waals surface area (Å²) in [4.78, 5) is 11.7. The summed E-state index contributed by atoms with van der Waals surface area (Å²) in [5, 5.41) is 2.89. The number of carbonyl (C=O) groups excluding carboxylic acids is 1. The molecule has 0 radical (unpaired) electrons. The highest BCUT2D eigenvalue weighted by Gasteiger charge is 2.22. The first-order valence-corrected chi connectivity index (χ1v) is 6.17. The lowest BCUT2D eigenvalue weighted by atomic mass is 9.84. The second-order valence-corrected chi connectivity index (χ2v) is 5.10. The summed E-state index contributed by atoms with van der Waals surface area (Å²) < 4.78 is 0. The van der Waals surface area contributed by atoms with E-state index in [4.69, 9.17) is 5.73 Å². The molecule has 3 nitrogen and oxygen atoms in total. The highest BCUT2D eigenvalue weighted by atomic mass is 16.2. The minimum atomic E-state index is -0.505. The Kier molecular flexibility index (Phi) is 5.10. The third-order valence-corrected chi connectivity index (χ3v) is 3.02. The van der Waals surface area contributed by atoms with E-state index in [1.54, 1.807) is 6.08 Å². The van der Waals surface area contributed by atoms with Gasteiger partial charge in [-0.15, -0.1) is 6.58 Å². The third kappa shape index (κ3) is 4.00. The van der Waals surface area contributed by atoms with Crippen molar-refractivity contribution in [2.24, 2.45) is 5.73 Å². The molecule has 18 heavy (non-hydrogen) atoms. The van der Waals surface area contributed by atoms with Gasteiger partial charge in [-0.1, -0.05) is 50.3 Å². The summed E-state index contributed by atoms with van der Waals surface area (Å²) in [5.41, 5.74) is 6.80. The fraction of sp³-hybridized carbons (Fsp3) is 0.400. The summed E-state index contributed by atoms with van der Waals surface area (Å²) in [6, 6.07) is 9.61. The van der Waals surface area contributed by atoms with Gasteiger partial charge in [-0.2, -0.15) is 0 Å². The van der Waals surface area contributed by atoms with Crippen molar-refractivity contribution in [1.82, 2.24) is 5.32 Å². The first-order chi connectivity index (χ1) is 8.47. The van der Waals surface area contributed by atoms with E-state index in [0.717, 1.165) is 0 Å². The van der Waals surface area contributed by atoms with Gasteiger partial charge in [0, 0.05) is 12.0 Å². The number of hydrogen-bond donors (Lipinski definition) is 2. The van der Waals surface area contributed by atoms with Gasteiger partial charge in [0.25, 0.3) is 0 Å². The molecule has 0 spiro atoms. The molecular weight excluding hydrogens is 224 g/mol. The van der Waals surface area contributed by atoms with E-state index in [9.17, 15) is 4.79 Å². The molecule has 0 aliphatic heterocycles. The Bertz CT molecular complexity index is 398. The van der Waals surface area contributed by atoms with Gasteiger partial charge in [0.05, 0.1) is 6.04 Å². The maximum absolute atomic E-state index is 11.7. The minimum absolute atomic E-state index is 0.106. The van der Waals surface area contributed by atoms with E-state index in [1.807, 2.05) is 18.2 Å². The standard InChI is InChI=1S/C15H22N2O/c1-4-8-13(16)14(18)17-11-15(2,3)12-9-6-5-7-10-12/h4-7,9-10,13H,1,8,11,16H2,2-3H3,(H,17,18). The van der Waals surface area contributed by atoms with Crippen LogP contribution >= 0.6 is 0 Å². The summed E-state index contributed by atoms with van der Waals surface area (Å²) in [6.45, 7) is 8.35. The Hall–Kier alpha value is -1.61. The van der Waals surface area contributed by atoms with Gasteiger partial charge in [0.15, 0.2) is 0 Å². The van der Waals surface area contributed by atoms with Crippen molar-refractivity contribution in [2.75, 3.05) is 6.54 Å². The summed E-state index contributed by atoms with van der Waals surface area (Å²) >= 11 is 0. The summed E-state index contributed by atoms with van der Waals surface area (Å²) in [7, 11) is 0. The number of nitrogens with two attached hydrogens (primary N) is 1. The highest BCUT2D eigenvalue weighted by molar-refractivity contribution is 5.81. The summed E-state index contributed by atoms with van der Waals surface area (Å²) in [5.74, 6) is -0.126. The Morgan fingerprint density at radius 2 is 2.06 bits per heavy atom. The van der Waals surface area contributed by atoms with Gasteiger partial charge < -0.3 is 11.1 Å². The SMILES string of the molecule is C=CCC(N)C(=O)NCC(C)(C)c1ccccc1. The quantitative estimate of drug-likeness (QED) is 0.754. The molecule has 0 saturated heterocycles. The van der Waals surface area contributed by atoms with Gasteiger partial charge in [-0.05, 0) is 12.0 Å². The van der Waals surface area contributed by atoms with Crippen LogP contribution in [0.25, 0.3) is 0 Å². The number of benzene rings is 1. The molecule has 0 saturated carbocycles. The fourth-order valence-electron chi connectivity index (χ4n) is 1.72. The normalized spacial score (nSPS) is 12.8. The van der Waals surface area contributed by atoms with Crippen LogP contribution in [0.2, 0.25) is 0 Å². The third-order valence-electron chi connectivity index (χ3n) is 3.02. The zero-order valence-electron chi connectivity index (χ0n) is 11.1. The van der Waals surface area contributed by atoms with Crippen LogP contribution in [-0.4, -0.2) is 18.5 Å².